The predicted octanol–water partition coefficient (Wildman–Crippen LogP) is 1.63. The van der Waals surface area contributed by atoms with Crippen molar-refractivity contribution in [3.05, 3.63) is 23.7 Å². The Kier molecular flexibility index (Phi) is 4.06. The van der Waals surface area contributed by atoms with Gasteiger partial charge < -0.3 is 15.5 Å². The molecule has 4 nitrogen and oxygen atoms in total. The quantitative estimate of drug-likeness (QED) is 0.785. The second kappa shape index (κ2) is 5.12. The summed E-state index contributed by atoms with van der Waals surface area (Å²) in [4.78, 5) is 12.0. The van der Waals surface area contributed by atoms with Gasteiger partial charge in [0.2, 0.25) is 0 Å². The van der Waals surface area contributed by atoms with Crippen molar-refractivity contribution < 1.29 is 9.21 Å². The first-order chi connectivity index (χ1) is 7.41. The molecule has 0 aliphatic rings. The Morgan fingerprint density at radius 3 is 2.50 bits per heavy atom. The maximum atomic E-state index is 11.8. The molecule has 88 valence electrons. The monoisotopic (exact) mass is 240 g/mol. The second-order valence-corrected chi connectivity index (χ2v) is 4.48. The number of thiocarbonyl (C=S) groups is 1. The van der Waals surface area contributed by atoms with Gasteiger partial charge in [0, 0.05) is 0 Å². The van der Waals surface area contributed by atoms with E-state index in [1.807, 2.05) is 13.8 Å². The summed E-state index contributed by atoms with van der Waals surface area (Å²) >= 11 is 4.90. The smallest absolute Gasteiger partial charge is 0.287 e. The van der Waals surface area contributed by atoms with E-state index in [-0.39, 0.29) is 28.6 Å². The SMILES string of the molecule is Cc1ccc(C(=O)NC(C(N)=S)C(C)C)o1. The number of hydrogen-bond acceptors (Lipinski definition) is 3. The van der Waals surface area contributed by atoms with Crippen LogP contribution >= 0.6 is 12.2 Å². The Morgan fingerprint density at radius 2 is 2.12 bits per heavy atom. The highest BCUT2D eigenvalue weighted by atomic mass is 32.1. The Labute approximate surface area is 100 Å². The van der Waals surface area contributed by atoms with Gasteiger partial charge in [-0.3, -0.25) is 4.79 Å². The molecule has 0 saturated carbocycles. The number of carbonyl (C=O) groups is 1. The van der Waals surface area contributed by atoms with E-state index in [0.29, 0.717) is 5.76 Å². The number of carbonyl (C=O) groups excluding carboxylic acids is 1. The Hall–Kier alpha value is -1.36. The summed E-state index contributed by atoms with van der Waals surface area (Å²) in [5, 5.41) is 2.75. The van der Waals surface area contributed by atoms with Crippen LogP contribution in [0.3, 0.4) is 0 Å². The minimum Gasteiger partial charge on any atom is -0.456 e. The molecular weight excluding hydrogens is 224 g/mol. The average molecular weight is 240 g/mol. The first-order valence-electron chi connectivity index (χ1n) is 5.08. The highest BCUT2D eigenvalue weighted by molar-refractivity contribution is 7.80. The molecule has 0 bridgehead atoms. The van der Waals surface area contributed by atoms with E-state index < -0.39 is 0 Å². The van der Waals surface area contributed by atoms with Crippen molar-refractivity contribution in [2.45, 2.75) is 26.8 Å². The molecule has 0 aromatic carbocycles. The third kappa shape index (κ3) is 3.06. The van der Waals surface area contributed by atoms with Crippen LogP contribution in [0.4, 0.5) is 0 Å². The topological polar surface area (TPSA) is 68.3 Å². The van der Waals surface area contributed by atoms with Crippen LogP contribution in [0.5, 0.6) is 0 Å². The lowest BCUT2D eigenvalue weighted by Gasteiger charge is -2.20. The van der Waals surface area contributed by atoms with Crippen LogP contribution in [0.15, 0.2) is 16.5 Å². The van der Waals surface area contributed by atoms with E-state index in [9.17, 15) is 4.79 Å². The molecule has 1 atom stereocenters. The van der Waals surface area contributed by atoms with E-state index in [0.717, 1.165) is 0 Å². The molecule has 1 heterocycles. The van der Waals surface area contributed by atoms with Gasteiger partial charge in [-0.15, -0.1) is 0 Å². The van der Waals surface area contributed by atoms with Crippen molar-refractivity contribution in [2.75, 3.05) is 0 Å². The normalized spacial score (nSPS) is 12.5. The molecule has 3 N–H and O–H groups in total. The van der Waals surface area contributed by atoms with Crippen LogP contribution in [0.2, 0.25) is 0 Å². The number of aryl methyl sites for hydroxylation is 1. The van der Waals surface area contributed by atoms with E-state index in [1.54, 1.807) is 19.1 Å². The van der Waals surface area contributed by atoms with Gasteiger partial charge in [-0.05, 0) is 25.0 Å². The molecule has 0 fully saturated rings. The average Bonchev–Trinajstić information content (AvgIpc) is 2.59. The molecule has 1 aromatic rings. The lowest BCUT2D eigenvalue weighted by molar-refractivity contribution is 0.0910. The fraction of sp³-hybridized carbons (Fsp3) is 0.455. The summed E-state index contributed by atoms with van der Waals surface area (Å²) in [5.74, 6) is 0.832. The highest BCUT2D eigenvalue weighted by Gasteiger charge is 2.20. The Bertz CT molecular complexity index is 398. The highest BCUT2D eigenvalue weighted by Crippen LogP contribution is 2.08. The standard InChI is InChI=1S/C11H16N2O2S/c1-6(2)9(10(12)16)13-11(14)8-5-4-7(3)15-8/h4-6,9H,1-3H3,(H2,12,16)(H,13,14). The Morgan fingerprint density at radius 1 is 1.50 bits per heavy atom. The Balaban J connectivity index is 2.73. The molecule has 1 rings (SSSR count). The number of hydrogen-bond donors (Lipinski definition) is 2. The van der Waals surface area contributed by atoms with Gasteiger partial charge in [0.05, 0.1) is 11.0 Å². The van der Waals surface area contributed by atoms with Crippen LogP contribution in [0, 0.1) is 12.8 Å². The molecular formula is C11H16N2O2S. The minimum absolute atomic E-state index is 0.150. The lowest BCUT2D eigenvalue weighted by atomic mass is 10.0. The maximum Gasteiger partial charge on any atom is 0.287 e. The van der Waals surface area contributed by atoms with Crippen molar-refractivity contribution in [3.63, 3.8) is 0 Å². The molecule has 0 saturated heterocycles. The lowest BCUT2D eigenvalue weighted by Crippen LogP contribution is -2.46. The minimum atomic E-state index is -0.312. The maximum absolute atomic E-state index is 11.8. The van der Waals surface area contributed by atoms with Crippen molar-refractivity contribution in [1.82, 2.24) is 5.32 Å². The molecule has 1 unspecified atom stereocenters. The number of nitrogens with two attached hydrogens (primary N) is 1. The fourth-order valence-electron chi connectivity index (χ4n) is 1.34. The zero-order chi connectivity index (χ0) is 12.3. The van der Waals surface area contributed by atoms with Crippen molar-refractivity contribution in [1.29, 1.82) is 0 Å². The third-order valence-electron chi connectivity index (χ3n) is 2.22. The van der Waals surface area contributed by atoms with Crippen LogP contribution in [0.1, 0.15) is 30.2 Å². The van der Waals surface area contributed by atoms with Gasteiger partial charge in [-0.2, -0.15) is 0 Å². The first-order valence-corrected chi connectivity index (χ1v) is 5.49. The van der Waals surface area contributed by atoms with Crippen LogP contribution in [-0.2, 0) is 0 Å². The van der Waals surface area contributed by atoms with E-state index >= 15 is 0 Å². The predicted molar refractivity (Wildman–Crippen MR) is 66.3 cm³/mol. The number of nitrogens with one attached hydrogen (secondary N) is 1. The van der Waals surface area contributed by atoms with Gasteiger partial charge in [0.15, 0.2) is 5.76 Å². The van der Waals surface area contributed by atoms with Gasteiger partial charge >= 0.3 is 0 Å². The number of furan rings is 1. The first kappa shape index (κ1) is 12.7. The summed E-state index contributed by atoms with van der Waals surface area (Å²) in [6.45, 7) is 5.67. The molecule has 16 heavy (non-hydrogen) atoms. The summed E-state index contributed by atoms with van der Waals surface area (Å²) in [5.41, 5.74) is 5.56. The van der Waals surface area contributed by atoms with Gasteiger partial charge in [0.1, 0.15) is 5.76 Å². The molecule has 0 aliphatic heterocycles. The van der Waals surface area contributed by atoms with Crippen LogP contribution in [-0.4, -0.2) is 16.9 Å². The summed E-state index contributed by atoms with van der Waals surface area (Å²) in [6.07, 6.45) is 0. The fourth-order valence-corrected chi connectivity index (χ4v) is 1.67. The van der Waals surface area contributed by atoms with Gasteiger partial charge in [-0.1, -0.05) is 26.1 Å². The zero-order valence-corrected chi connectivity index (χ0v) is 10.4. The molecule has 0 spiro atoms. The van der Waals surface area contributed by atoms with Crippen LogP contribution < -0.4 is 11.1 Å². The second-order valence-electron chi connectivity index (χ2n) is 4.01. The van der Waals surface area contributed by atoms with Gasteiger partial charge in [0.25, 0.3) is 5.91 Å². The van der Waals surface area contributed by atoms with E-state index in [1.165, 1.54) is 0 Å². The summed E-state index contributed by atoms with van der Waals surface area (Å²) < 4.78 is 5.21. The molecule has 5 heteroatoms. The summed E-state index contributed by atoms with van der Waals surface area (Å²) in [6, 6.07) is 3.05. The van der Waals surface area contributed by atoms with Gasteiger partial charge in [-0.25, -0.2) is 0 Å². The van der Waals surface area contributed by atoms with Crippen molar-refractivity contribution in [2.24, 2.45) is 11.7 Å². The van der Waals surface area contributed by atoms with E-state index in [4.69, 9.17) is 22.4 Å². The van der Waals surface area contributed by atoms with Crippen molar-refractivity contribution >= 4 is 23.1 Å². The largest absolute Gasteiger partial charge is 0.456 e. The zero-order valence-electron chi connectivity index (χ0n) is 9.61. The molecule has 0 radical (unpaired) electrons. The summed E-state index contributed by atoms with van der Waals surface area (Å²) in [7, 11) is 0. The number of rotatable bonds is 4. The molecule has 1 aromatic heterocycles. The third-order valence-corrected chi connectivity index (χ3v) is 2.48. The van der Waals surface area contributed by atoms with E-state index in [2.05, 4.69) is 5.32 Å². The van der Waals surface area contributed by atoms with Crippen molar-refractivity contribution in [3.8, 4) is 0 Å². The molecule has 0 aliphatic carbocycles. The van der Waals surface area contributed by atoms with Crippen LogP contribution in [0.25, 0.3) is 0 Å². The number of amides is 1. The molecule has 1 amide bonds.